The standard InChI is InChI=1S/C14H20FN5O/c1-3-14(4-2,9-21)8-16-13-7-11(5-6-12(13)15)20-10-17-18-19-20/h5-7,10,16,21H,3-4,8-9H2,1-2H3. The van der Waals surface area contributed by atoms with E-state index in [0.717, 1.165) is 12.8 Å². The van der Waals surface area contributed by atoms with Crippen LogP contribution in [0.1, 0.15) is 26.7 Å². The Labute approximate surface area is 123 Å². The first-order valence-corrected chi connectivity index (χ1v) is 7.02. The summed E-state index contributed by atoms with van der Waals surface area (Å²) in [6.45, 7) is 4.62. The van der Waals surface area contributed by atoms with Gasteiger partial charge in [0.1, 0.15) is 12.1 Å². The minimum atomic E-state index is -0.342. The van der Waals surface area contributed by atoms with Crippen molar-refractivity contribution in [2.45, 2.75) is 26.7 Å². The summed E-state index contributed by atoms with van der Waals surface area (Å²) in [5.74, 6) is -0.342. The second kappa shape index (κ2) is 6.62. The van der Waals surface area contributed by atoms with Crippen molar-refractivity contribution in [3.8, 4) is 5.69 Å². The molecular formula is C14H20FN5O. The predicted octanol–water partition coefficient (Wildman–Crippen LogP) is 2.01. The van der Waals surface area contributed by atoms with Crippen molar-refractivity contribution in [1.29, 1.82) is 0 Å². The van der Waals surface area contributed by atoms with Crippen LogP contribution in [0.5, 0.6) is 0 Å². The van der Waals surface area contributed by atoms with Crippen LogP contribution in [0.4, 0.5) is 10.1 Å². The van der Waals surface area contributed by atoms with Gasteiger partial charge in [-0.25, -0.2) is 9.07 Å². The van der Waals surface area contributed by atoms with E-state index < -0.39 is 0 Å². The van der Waals surface area contributed by atoms with E-state index in [0.29, 0.717) is 17.9 Å². The van der Waals surface area contributed by atoms with Gasteiger partial charge in [-0.3, -0.25) is 0 Å². The summed E-state index contributed by atoms with van der Waals surface area (Å²) in [4.78, 5) is 0. The van der Waals surface area contributed by atoms with E-state index in [9.17, 15) is 9.50 Å². The summed E-state index contributed by atoms with van der Waals surface area (Å²) in [7, 11) is 0. The maximum absolute atomic E-state index is 13.9. The average molecular weight is 293 g/mol. The minimum absolute atomic E-state index is 0.0707. The number of rotatable bonds is 7. The zero-order valence-corrected chi connectivity index (χ0v) is 12.3. The molecule has 21 heavy (non-hydrogen) atoms. The van der Waals surface area contributed by atoms with Gasteiger partial charge in [0, 0.05) is 12.0 Å². The van der Waals surface area contributed by atoms with Crippen LogP contribution in [0.3, 0.4) is 0 Å². The van der Waals surface area contributed by atoms with Gasteiger partial charge in [0.25, 0.3) is 0 Å². The number of tetrazole rings is 1. The van der Waals surface area contributed by atoms with Crippen LogP contribution < -0.4 is 5.32 Å². The van der Waals surface area contributed by atoms with Gasteiger partial charge in [-0.2, -0.15) is 0 Å². The first kappa shape index (κ1) is 15.4. The molecule has 6 nitrogen and oxygen atoms in total. The Morgan fingerprint density at radius 2 is 2.10 bits per heavy atom. The molecule has 0 amide bonds. The smallest absolute Gasteiger partial charge is 0.146 e. The minimum Gasteiger partial charge on any atom is -0.396 e. The molecule has 0 saturated carbocycles. The second-order valence-corrected chi connectivity index (χ2v) is 5.14. The predicted molar refractivity (Wildman–Crippen MR) is 77.7 cm³/mol. The molecular weight excluding hydrogens is 273 g/mol. The zero-order chi connectivity index (χ0) is 15.3. The monoisotopic (exact) mass is 293 g/mol. The Morgan fingerprint density at radius 1 is 1.33 bits per heavy atom. The highest BCUT2D eigenvalue weighted by Crippen LogP contribution is 2.27. The second-order valence-electron chi connectivity index (χ2n) is 5.14. The molecule has 2 aromatic rings. The molecule has 0 atom stereocenters. The molecule has 1 heterocycles. The number of hydrogen-bond acceptors (Lipinski definition) is 5. The van der Waals surface area contributed by atoms with Gasteiger partial charge in [-0.05, 0) is 41.5 Å². The Kier molecular flexibility index (Phi) is 4.85. The lowest BCUT2D eigenvalue weighted by atomic mass is 9.83. The number of aliphatic hydroxyl groups excluding tert-OH is 1. The van der Waals surface area contributed by atoms with Crippen molar-refractivity contribution in [3.05, 3.63) is 30.3 Å². The summed E-state index contributed by atoms with van der Waals surface area (Å²) < 4.78 is 15.4. The molecule has 114 valence electrons. The van der Waals surface area contributed by atoms with Crippen molar-refractivity contribution in [3.63, 3.8) is 0 Å². The largest absolute Gasteiger partial charge is 0.396 e. The van der Waals surface area contributed by atoms with E-state index in [1.807, 2.05) is 13.8 Å². The summed E-state index contributed by atoms with van der Waals surface area (Å²) in [5.41, 5.74) is 0.811. The average Bonchev–Trinajstić information content (AvgIpc) is 3.05. The quantitative estimate of drug-likeness (QED) is 0.816. The summed E-state index contributed by atoms with van der Waals surface area (Å²) in [6.07, 6.45) is 3.09. The van der Waals surface area contributed by atoms with Crippen LogP contribution in [-0.4, -0.2) is 38.5 Å². The van der Waals surface area contributed by atoms with E-state index in [4.69, 9.17) is 0 Å². The lowest BCUT2D eigenvalue weighted by molar-refractivity contribution is 0.127. The molecule has 0 aliphatic carbocycles. The van der Waals surface area contributed by atoms with Gasteiger partial charge in [-0.15, -0.1) is 5.10 Å². The first-order valence-electron chi connectivity index (χ1n) is 7.02. The molecule has 0 bridgehead atoms. The molecule has 0 spiro atoms. The lowest BCUT2D eigenvalue weighted by Crippen LogP contribution is -2.32. The number of halogens is 1. The number of nitrogens with one attached hydrogen (secondary N) is 1. The van der Waals surface area contributed by atoms with Gasteiger partial charge in [-0.1, -0.05) is 13.8 Å². The van der Waals surface area contributed by atoms with E-state index in [1.165, 1.54) is 17.1 Å². The van der Waals surface area contributed by atoms with Crippen LogP contribution >= 0.6 is 0 Å². The van der Waals surface area contributed by atoms with Crippen molar-refractivity contribution < 1.29 is 9.50 Å². The van der Waals surface area contributed by atoms with Crippen molar-refractivity contribution >= 4 is 5.69 Å². The topological polar surface area (TPSA) is 75.9 Å². The SMILES string of the molecule is CCC(CC)(CO)CNc1cc(-n2cnnn2)ccc1F. The molecule has 0 unspecified atom stereocenters. The summed E-state index contributed by atoms with van der Waals surface area (Å²) in [6, 6.07) is 4.63. The van der Waals surface area contributed by atoms with E-state index in [2.05, 4.69) is 20.8 Å². The molecule has 0 saturated heterocycles. The highest BCUT2D eigenvalue weighted by Gasteiger charge is 2.25. The maximum atomic E-state index is 13.9. The highest BCUT2D eigenvalue weighted by atomic mass is 19.1. The third kappa shape index (κ3) is 3.36. The number of hydrogen-bond donors (Lipinski definition) is 2. The molecule has 2 rings (SSSR count). The van der Waals surface area contributed by atoms with Gasteiger partial charge >= 0.3 is 0 Å². The Bertz CT molecular complexity index is 560. The van der Waals surface area contributed by atoms with Crippen LogP contribution in [0.2, 0.25) is 0 Å². The van der Waals surface area contributed by atoms with Crippen LogP contribution in [0, 0.1) is 11.2 Å². The fourth-order valence-electron chi connectivity index (χ4n) is 2.13. The number of aliphatic hydroxyl groups is 1. The molecule has 1 aromatic heterocycles. The maximum Gasteiger partial charge on any atom is 0.146 e. The molecule has 2 N–H and O–H groups in total. The van der Waals surface area contributed by atoms with Crippen molar-refractivity contribution in [2.24, 2.45) is 5.41 Å². The number of benzene rings is 1. The Morgan fingerprint density at radius 3 is 2.67 bits per heavy atom. The van der Waals surface area contributed by atoms with Crippen LogP contribution in [0.15, 0.2) is 24.5 Å². The lowest BCUT2D eigenvalue weighted by Gasteiger charge is -2.30. The summed E-state index contributed by atoms with van der Waals surface area (Å²) in [5, 5.41) is 23.6. The fraction of sp³-hybridized carbons (Fsp3) is 0.500. The van der Waals surface area contributed by atoms with E-state index in [1.54, 1.807) is 12.1 Å². The molecule has 0 aliphatic rings. The molecule has 0 aliphatic heterocycles. The molecule has 7 heteroatoms. The van der Waals surface area contributed by atoms with Gasteiger partial charge in [0.15, 0.2) is 0 Å². The first-order chi connectivity index (χ1) is 10.1. The molecule has 0 fully saturated rings. The van der Waals surface area contributed by atoms with Crippen LogP contribution in [-0.2, 0) is 0 Å². The number of aromatic nitrogens is 4. The normalized spacial score (nSPS) is 11.6. The van der Waals surface area contributed by atoms with E-state index in [-0.39, 0.29) is 17.8 Å². The molecule has 0 radical (unpaired) electrons. The third-order valence-corrected chi connectivity index (χ3v) is 4.05. The zero-order valence-electron chi connectivity index (χ0n) is 12.3. The Hall–Kier alpha value is -2.02. The van der Waals surface area contributed by atoms with Gasteiger partial charge in [0.2, 0.25) is 0 Å². The van der Waals surface area contributed by atoms with E-state index >= 15 is 0 Å². The number of nitrogens with zero attached hydrogens (tertiary/aromatic N) is 4. The number of anilines is 1. The van der Waals surface area contributed by atoms with Crippen molar-refractivity contribution in [2.75, 3.05) is 18.5 Å². The highest BCUT2D eigenvalue weighted by molar-refractivity contribution is 5.52. The van der Waals surface area contributed by atoms with Crippen LogP contribution in [0.25, 0.3) is 5.69 Å². The third-order valence-electron chi connectivity index (χ3n) is 4.05. The van der Waals surface area contributed by atoms with Gasteiger partial charge in [0.05, 0.1) is 18.0 Å². The fourth-order valence-corrected chi connectivity index (χ4v) is 2.13. The Balaban J connectivity index is 2.18. The van der Waals surface area contributed by atoms with Gasteiger partial charge < -0.3 is 10.4 Å². The van der Waals surface area contributed by atoms with Crippen molar-refractivity contribution in [1.82, 2.24) is 20.2 Å². The molecule has 1 aromatic carbocycles. The summed E-state index contributed by atoms with van der Waals surface area (Å²) >= 11 is 0.